The molecule has 1 aliphatic carbocycles. The molecule has 1 fully saturated rings. The molecule has 0 bridgehead atoms. The summed E-state index contributed by atoms with van der Waals surface area (Å²) in [6.07, 6.45) is 1.03. The van der Waals surface area contributed by atoms with Gasteiger partial charge in [0.15, 0.2) is 0 Å². The first-order valence-corrected chi connectivity index (χ1v) is 6.00. The van der Waals surface area contributed by atoms with E-state index in [4.69, 9.17) is 4.74 Å². The molecule has 0 amide bonds. The van der Waals surface area contributed by atoms with Gasteiger partial charge in [0.25, 0.3) is 0 Å². The maximum absolute atomic E-state index is 13.7. The largest absolute Gasteiger partial charge is 0.496 e. The fourth-order valence-corrected chi connectivity index (χ4v) is 2.80. The van der Waals surface area contributed by atoms with Crippen molar-refractivity contribution in [2.75, 3.05) is 7.11 Å². The van der Waals surface area contributed by atoms with E-state index in [1.54, 1.807) is 6.92 Å². The second-order valence-electron chi connectivity index (χ2n) is 4.28. The summed E-state index contributed by atoms with van der Waals surface area (Å²) in [5.74, 6) is -0.925. The summed E-state index contributed by atoms with van der Waals surface area (Å²) < 4.78 is 19.1. The van der Waals surface area contributed by atoms with Gasteiger partial charge in [-0.1, -0.05) is 0 Å². The van der Waals surface area contributed by atoms with E-state index in [0.717, 1.165) is 0 Å². The van der Waals surface area contributed by atoms with Gasteiger partial charge < -0.3 is 9.84 Å². The van der Waals surface area contributed by atoms with Crippen LogP contribution in [0.5, 0.6) is 5.75 Å². The van der Waals surface area contributed by atoms with Crippen LogP contribution >= 0.6 is 15.9 Å². The number of aryl methyl sites for hydroxylation is 1. The minimum absolute atomic E-state index is 0.194. The van der Waals surface area contributed by atoms with Gasteiger partial charge in [0.05, 0.1) is 17.0 Å². The number of hydrogen-bond donors (Lipinski definition) is 1. The molecule has 2 rings (SSSR count). The van der Waals surface area contributed by atoms with Crippen LogP contribution in [-0.2, 0) is 10.2 Å². The highest BCUT2D eigenvalue weighted by Gasteiger charge is 2.55. The monoisotopic (exact) mass is 302 g/mol. The summed E-state index contributed by atoms with van der Waals surface area (Å²) in [4.78, 5) is 11.3. The number of benzene rings is 1. The summed E-state index contributed by atoms with van der Waals surface area (Å²) in [6, 6.07) is 1.34. The Morgan fingerprint density at radius 3 is 2.59 bits per heavy atom. The molecule has 0 unspecified atom stereocenters. The number of carboxylic acid groups (broad SMARTS) is 1. The van der Waals surface area contributed by atoms with Gasteiger partial charge in [-0.15, -0.1) is 0 Å². The Bertz CT molecular complexity index is 495. The van der Waals surface area contributed by atoms with Gasteiger partial charge in [-0.2, -0.15) is 0 Å². The number of halogens is 2. The number of carboxylic acids is 1. The molecule has 5 heteroatoms. The molecule has 1 aliphatic rings. The molecule has 3 nitrogen and oxygen atoms in total. The van der Waals surface area contributed by atoms with Crippen molar-refractivity contribution in [2.45, 2.75) is 25.2 Å². The fourth-order valence-electron chi connectivity index (χ4n) is 2.12. The van der Waals surface area contributed by atoms with Crippen LogP contribution in [0.25, 0.3) is 0 Å². The topological polar surface area (TPSA) is 46.5 Å². The molecule has 0 atom stereocenters. The van der Waals surface area contributed by atoms with Gasteiger partial charge in [-0.25, -0.2) is 4.39 Å². The van der Waals surface area contributed by atoms with E-state index in [2.05, 4.69) is 15.9 Å². The highest BCUT2D eigenvalue weighted by atomic mass is 79.9. The zero-order valence-corrected chi connectivity index (χ0v) is 11.1. The van der Waals surface area contributed by atoms with Crippen LogP contribution in [0.2, 0.25) is 0 Å². The van der Waals surface area contributed by atoms with Crippen molar-refractivity contribution in [3.05, 3.63) is 27.5 Å². The van der Waals surface area contributed by atoms with E-state index in [1.807, 2.05) is 0 Å². The van der Waals surface area contributed by atoms with Gasteiger partial charge in [0, 0.05) is 5.56 Å². The van der Waals surface area contributed by atoms with E-state index in [0.29, 0.717) is 29.7 Å². The molecular weight excluding hydrogens is 291 g/mol. The van der Waals surface area contributed by atoms with Crippen molar-refractivity contribution in [2.24, 2.45) is 0 Å². The molecular formula is C12H12BrFO3. The van der Waals surface area contributed by atoms with Crippen LogP contribution < -0.4 is 4.74 Å². The van der Waals surface area contributed by atoms with E-state index < -0.39 is 17.2 Å². The molecule has 0 aliphatic heterocycles. The van der Waals surface area contributed by atoms with Crippen molar-refractivity contribution in [3.8, 4) is 5.75 Å². The molecule has 1 aromatic carbocycles. The van der Waals surface area contributed by atoms with Crippen LogP contribution in [0.1, 0.15) is 24.0 Å². The zero-order chi connectivity index (χ0) is 12.8. The molecule has 0 radical (unpaired) electrons. The normalized spacial score (nSPS) is 16.7. The Labute approximate surface area is 107 Å². The molecule has 1 saturated carbocycles. The van der Waals surface area contributed by atoms with Crippen LogP contribution in [-0.4, -0.2) is 18.2 Å². The second kappa shape index (κ2) is 3.98. The average molecular weight is 303 g/mol. The van der Waals surface area contributed by atoms with E-state index in [-0.39, 0.29) is 4.47 Å². The van der Waals surface area contributed by atoms with Crippen molar-refractivity contribution in [1.29, 1.82) is 0 Å². The first-order valence-electron chi connectivity index (χ1n) is 5.20. The lowest BCUT2D eigenvalue weighted by atomic mass is 9.93. The van der Waals surface area contributed by atoms with Gasteiger partial charge in [-0.3, -0.25) is 4.79 Å². The minimum Gasteiger partial charge on any atom is -0.496 e. The molecule has 1 aromatic rings. The van der Waals surface area contributed by atoms with Crippen LogP contribution in [0, 0.1) is 12.7 Å². The number of rotatable bonds is 3. The molecule has 0 aromatic heterocycles. The number of hydrogen-bond acceptors (Lipinski definition) is 2. The van der Waals surface area contributed by atoms with Gasteiger partial charge >= 0.3 is 5.97 Å². The third-order valence-corrected chi connectivity index (χ3v) is 3.97. The van der Waals surface area contributed by atoms with Gasteiger partial charge in [0.2, 0.25) is 0 Å². The fraction of sp³-hybridized carbons (Fsp3) is 0.417. The van der Waals surface area contributed by atoms with E-state index in [9.17, 15) is 14.3 Å². The Morgan fingerprint density at radius 1 is 1.59 bits per heavy atom. The molecule has 0 spiro atoms. The van der Waals surface area contributed by atoms with E-state index in [1.165, 1.54) is 13.2 Å². The van der Waals surface area contributed by atoms with Crippen LogP contribution in [0.15, 0.2) is 10.5 Å². The summed E-state index contributed by atoms with van der Waals surface area (Å²) >= 11 is 3.13. The smallest absolute Gasteiger partial charge is 0.314 e. The summed E-state index contributed by atoms with van der Waals surface area (Å²) in [5.41, 5.74) is 0.0394. The standard InChI is InChI=1S/C12H12BrFO3/c1-6-5-7(14)9(13)8(10(6)17-2)12(3-4-12)11(15)16/h5H,3-4H2,1-2H3,(H,15,16). The maximum atomic E-state index is 13.7. The lowest BCUT2D eigenvalue weighted by Gasteiger charge is -2.19. The van der Waals surface area contributed by atoms with Gasteiger partial charge in [0.1, 0.15) is 11.6 Å². The number of aliphatic carboxylic acids is 1. The van der Waals surface area contributed by atoms with E-state index >= 15 is 0 Å². The zero-order valence-electron chi connectivity index (χ0n) is 9.51. The first kappa shape index (κ1) is 12.4. The van der Waals surface area contributed by atoms with Gasteiger partial charge in [-0.05, 0) is 47.3 Å². The molecule has 17 heavy (non-hydrogen) atoms. The Balaban J connectivity index is 2.71. The Morgan fingerprint density at radius 2 is 2.18 bits per heavy atom. The molecule has 1 N–H and O–H groups in total. The predicted molar refractivity (Wildman–Crippen MR) is 63.9 cm³/mol. The number of carbonyl (C=O) groups is 1. The summed E-state index contributed by atoms with van der Waals surface area (Å²) in [6.45, 7) is 1.70. The van der Waals surface area contributed by atoms with Crippen molar-refractivity contribution < 1.29 is 19.0 Å². The minimum atomic E-state index is -0.989. The average Bonchev–Trinajstić information content (AvgIpc) is 3.04. The predicted octanol–water partition coefficient (Wildman–Crippen LogP) is 3.02. The molecule has 0 heterocycles. The highest BCUT2D eigenvalue weighted by Crippen LogP contribution is 2.55. The lowest BCUT2D eigenvalue weighted by Crippen LogP contribution is -2.22. The first-order chi connectivity index (χ1) is 7.94. The Kier molecular flexibility index (Phi) is 2.89. The number of methoxy groups -OCH3 is 1. The molecule has 92 valence electrons. The third-order valence-electron chi connectivity index (χ3n) is 3.20. The van der Waals surface area contributed by atoms with Crippen molar-refractivity contribution in [1.82, 2.24) is 0 Å². The second-order valence-corrected chi connectivity index (χ2v) is 5.08. The van der Waals surface area contributed by atoms with Crippen molar-refractivity contribution >= 4 is 21.9 Å². The third kappa shape index (κ3) is 1.73. The number of ether oxygens (including phenoxy) is 1. The summed E-state index contributed by atoms with van der Waals surface area (Å²) in [5, 5.41) is 9.28. The summed E-state index contributed by atoms with van der Waals surface area (Å²) in [7, 11) is 1.47. The quantitative estimate of drug-likeness (QED) is 0.933. The SMILES string of the molecule is COc1c(C)cc(F)c(Br)c1C1(C(=O)O)CC1. The maximum Gasteiger partial charge on any atom is 0.314 e. The van der Waals surface area contributed by atoms with Crippen LogP contribution in [0.4, 0.5) is 4.39 Å². The highest BCUT2D eigenvalue weighted by molar-refractivity contribution is 9.10. The van der Waals surface area contributed by atoms with Crippen LogP contribution in [0.3, 0.4) is 0 Å². The Hall–Kier alpha value is -1.10. The molecule has 0 saturated heterocycles. The lowest BCUT2D eigenvalue weighted by molar-refractivity contribution is -0.140. The van der Waals surface area contributed by atoms with Crippen molar-refractivity contribution in [3.63, 3.8) is 0 Å².